The third-order valence-corrected chi connectivity index (χ3v) is 4.42. The van der Waals surface area contributed by atoms with Gasteiger partial charge in [0, 0.05) is 25.8 Å². The fraction of sp³-hybridized carbons (Fsp3) is 1.00. The zero-order valence-corrected chi connectivity index (χ0v) is 12.0. The van der Waals surface area contributed by atoms with E-state index in [0.29, 0.717) is 0 Å². The number of rotatable bonds is 6. The van der Waals surface area contributed by atoms with Gasteiger partial charge in [0.15, 0.2) is 0 Å². The Hall–Kier alpha value is -0.120. The molecule has 2 aliphatic rings. The lowest BCUT2D eigenvalue weighted by molar-refractivity contribution is 0.0555. The van der Waals surface area contributed by atoms with E-state index >= 15 is 0 Å². The molecule has 2 aliphatic heterocycles. The molecule has 3 heteroatoms. The largest absolute Gasteiger partial charge is 0.381 e. The summed E-state index contributed by atoms with van der Waals surface area (Å²) < 4.78 is 5.41. The molecule has 0 bridgehead atoms. The van der Waals surface area contributed by atoms with Crippen LogP contribution in [0.1, 0.15) is 44.9 Å². The number of hydrogen-bond acceptors (Lipinski definition) is 3. The predicted molar refractivity (Wildman–Crippen MR) is 75.9 cm³/mol. The molecule has 0 radical (unpaired) electrons. The van der Waals surface area contributed by atoms with Gasteiger partial charge in [-0.1, -0.05) is 6.42 Å². The molecule has 3 nitrogen and oxygen atoms in total. The summed E-state index contributed by atoms with van der Waals surface area (Å²) in [4.78, 5) is 2.53. The van der Waals surface area contributed by atoms with Crippen molar-refractivity contribution in [2.45, 2.75) is 51.0 Å². The van der Waals surface area contributed by atoms with Gasteiger partial charge < -0.3 is 15.0 Å². The third kappa shape index (κ3) is 5.25. The lowest BCUT2D eigenvalue weighted by Crippen LogP contribution is -2.35. The van der Waals surface area contributed by atoms with Crippen molar-refractivity contribution in [3.8, 4) is 0 Å². The summed E-state index contributed by atoms with van der Waals surface area (Å²) in [6.45, 7) is 5.72. The summed E-state index contributed by atoms with van der Waals surface area (Å²) in [7, 11) is 2.28. The number of hydrogen-bond donors (Lipinski definition) is 1. The average Bonchev–Trinajstić information content (AvgIpc) is 2.41. The molecule has 2 heterocycles. The van der Waals surface area contributed by atoms with E-state index < -0.39 is 0 Å². The van der Waals surface area contributed by atoms with E-state index in [1.54, 1.807) is 0 Å². The SMILES string of the molecule is CN(CCCC1CCCCN1)CC1CCOCC1. The number of nitrogens with zero attached hydrogens (tertiary/aromatic N) is 1. The Balaban J connectivity index is 1.52. The second kappa shape index (κ2) is 8.13. The maximum atomic E-state index is 5.41. The molecule has 0 aromatic heterocycles. The fourth-order valence-corrected chi connectivity index (χ4v) is 3.24. The molecule has 0 aromatic carbocycles. The molecule has 0 amide bonds. The van der Waals surface area contributed by atoms with Gasteiger partial charge in [-0.25, -0.2) is 0 Å². The molecule has 1 atom stereocenters. The lowest BCUT2D eigenvalue weighted by Gasteiger charge is -2.28. The number of ether oxygens (including phenoxy) is 1. The van der Waals surface area contributed by atoms with Crippen LogP contribution in [0.3, 0.4) is 0 Å². The molecular formula is C15H30N2O. The van der Waals surface area contributed by atoms with Gasteiger partial charge >= 0.3 is 0 Å². The molecule has 2 saturated heterocycles. The van der Waals surface area contributed by atoms with Crippen molar-refractivity contribution in [1.82, 2.24) is 10.2 Å². The molecule has 1 unspecified atom stereocenters. The van der Waals surface area contributed by atoms with E-state index in [1.165, 1.54) is 64.6 Å². The van der Waals surface area contributed by atoms with Gasteiger partial charge in [-0.15, -0.1) is 0 Å². The normalized spacial score (nSPS) is 26.7. The number of nitrogens with one attached hydrogen (secondary N) is 1. The second-order valence-corrected chi connectivity index (χ2v) is 6.11. The summed E-state index contributed by atoms with van der Waals surface area (Å²) in [6, 6.07) is 0.801. The lowest BCUT2D eigenvalue weighted by atomic mass is 9.99. The van der Waals surface area contributed by atoms with Crippen LogP contribution >= 0.6 is 0 Å². The monoisotopic (exact) mass is 254 g/mol. The standard InChI is InChI=1S/C15H30N2O/c1-17(13-14-7-11-18-12-8-14)10-4-6-15-5-2-3-9-16-15/h14-16H,2-13H2,1H3. The van der Waals surface area contributed by atoms with Gasteiger partial charge in [-0.3, -0.25) is 0 Å². The first-order valence-electron chi connectivity index (χ1n) is 7.84. The summed E-state index contributed by atoms with van der Waals surface area (Å²) in [5, 5.41) is 3.64. The molecule has 2 fully saturated rings. The minimum Gasteiger partial charge on any atom is -0.381 e. The first kappa shape index (κ1) is 14.3. The van der Waals surface area contributed by atoms with Crippen molar-refractivity contribution in [3.05, 3.63) is 0 Å². The van der Waals surface area contributed by atoms with Crippen LogP contribution in [0.2, 0.25) is 0 Å². The molecule has 0 saturated carbocycles. The van der Waals surface area contributed by atoms with Crippen molar-refractivity contribution in [2.75, 3.05) is 39.9 Å². The van der Waals surface area contributed by atoms with Crippen molar-refractivity contribution < 1.29 is 4.74 Å². The Bertz CT molecular complexity index is 211. The molecule has 18 heavy (non-hydrogen) atoms. The van der Waals surface area contributed by atoms with Crippen LogP contribution in [0.5, 0.6) is 0 Å². The average molecular weight is 254 g/mol. The highest BCUT2D eigenvalue weighted by atomic mass is 16.5. The molecule has 1 N–H and O–H groups in total. The van der Waals surface area contributed by atoms with Crippen molar-refractivity contribution in [3.63, 3.8) is 0 Å². The Kier molecular flexibility index (Phi) is 6.46. The van der Waals surface area contributed by atoms with Crippen molar-refractivity contribution in [2.24, 2.45) is 5.92 Å². The fourth-order valence-electron chi connectivity index (χ4n) is 3.24. The van der Waals surface area contributed by atoms with E-state index in [4.69, 9.17) is 4.74 Å². The molecule has 0 aromatic rings. The van der Waals surface area contributed by atoms with E-state index in [-0.39, 0.29) is 0 Å². The Morgan fingerprint density at radius 1 is 1.17 bits per heavy atom. The van der Waals surface area contributed by atoms with E-state index in [1.807, 2.05) is 0 Å². The highest BCUT2D eigenvalue weighted by Crippen LogP contribution is 2.16. The summed E-state index contributed by atoms with van der Waals surface area (Å²) in [6.07, 6.45) is 9.41. The quantitative estimate of drug-likeness (QED) is 0.787. The highest BCUT2D eigenvalue weighted by molar-refractivity contribution is 4.73. The minimum absolute atomic E-state index is 0.801. The Morgan fingerprint density at radius 3 is 2.72 bits per heavy atom. The van der Waals surface area contributed by atoms with Crippen LogP contribution in [0.25, 0.3) is 0 Å². The van der Waals surface area contributed by atoms with Gasteiger partial charge in [0.2, 0.25) is 0 Å². The first-order chi connectivity index (χ1) is 8.84. The summed E-state index contributed by atoms with van der Waals surface area (Å²) in [5.74, 6) is 0.872. The minimum atomic E-state index is 0.801. The number of piperidine rings is 1. The zero-order valence-electron chi connectivity index (χ0n) is 12.0. The van der Waals surface area contributed by atoms with Crippen LogP contribution in [0, 0.1) is 5.92 Å². The summed E-state index contributed by atoms with van der Waals surface area (Å²) in [5.41, 5.74) is 0. The molecule has 0 aliphatic carbocycles. The van der Waals surface area contributed by atoms with Gasteiger partial charge in [-0.05, 0) is 64.6 Å². The zero-order chi connectivity index (χ0) is 12.6. The van der Waals surface area contributed by atoms with Crippen LogP contribution in [-0.2, 0) is 4.74 Å². The molecular weight excluding hydrogens is 224 g/mol. The van der Waals surface area contributed by atoms with E-state index in [0.717, 1.165) is 25.2 Å². The van der Waals surface area contributed by atoms with E-state index in [2.05, 4.69) is 17.3 Å². The third-order valence-electron chi connectivity index (χ3n) is 4.42. The van der Waals surface area contributed by atoms with Gasteiger partial charge in [-0.2, -0.15) is 0 Å². The first-order valence-corrected chi connectivity index (χ1v) is 7.84. The topological polar surface area (TPSA) is 24.5 Å². The van der Waals surface area contributed by atoms with E-state index in [9.17, 15) is 0 Å². The predicted octanol–water partition coefficient (Wildman–Crippen LogP) is 2.27. The van der Waals surface area contributed by atoms with Crippen molar-refractivity contribution in [1.29, 1.82) is 0 Å². The highest BCUT2D eigenvalue weighted by Gasteiger charge is 2.16. The van der Waals surface area contributed by atoms with Crippen LogP contribution < -0.4 is 5.32 Å². The maximum absolute atomic E-state index is 5.41. The molecule has 0 spiro atoms. The molecule has 106 valence electrons. The van der Waals surface area contributed by atoms with Gasteiger partial charge in [0.1, 0.15) is 0 Å². The summed E-state index contributed by atoms with van der Waals surface area (Å²) >= 11 is 0. The van der Waals surface area contributed by atoms with Crippen LogP contribution in [0.15, 0.2) is 0 Å². The second-order valence-electron chi connectivity index (χ2n) is 6.11. The van der Waals surface area contributed by atoms with Crippen LogP contribution in [-0.4, -0.2) is 50.8 Å². The maximum Gasteiger partial charge on any atom is 0.0469 e. The van der Waals surface area contributed by atoms with Gasteiger partial charge in [0.05, 0.1) is 0 Å². The van der Waals surface area contributed by atoms with Crippen molar-refractivity contribution >= 4 is 0 Å². The van der Waals surface area contributed by atoms with Crippen LogP contribution in [0.4, 0.5) is 0 Å². The Labute approximate surface area is 112 Å². The van der Waals surface area contributed by atoms with Gasteiger partial charge in [0.25, 0.3) is 0 Å². The Morgan fingerprint density at radius 2 is 2.00 bits per heavy atom. The molecule has 2 rings (SSSR count). The smallest absolute Gasteiger partial charge is 0.0469 e.